The SMILES string of the molecule is O=C1c2ccccc2C(=O)N1CC1OCc2c(-c3ccccn3)cccc21. The maximum absolute atomic E-state index is 12.6. The van der Waals surface area contributed by atoms with E-state index in [1.807, 2.05) is 36.4 Å². The monoisotopic (exact) mass is 356 g/mol. The second-order valence-electron chi connectivity index (χ2n) is 6.65. The number of ether oxygens (including phenoxy) is 1. The summed E-state index contributed by atoms with van der Waals surface area (Å²) in [6.07, 6.45) is 1.44. The number of hydrogen-bond donors (Lipinski definition) is 0. The Kier molecular flexibility index (Phi) is 3.62. The molecule has 132 valence electrons. The molecule has 0 saturated heterocycles. The Hall–Kier alpha value is -3.31. The quantitative estimate of drug-likeness (QED) is 0.673. The molecule has 0 fully saturated rings. The Labute approximate surface area is 156 Å². The molecule has 0 N–H and O–H groups in total. The molecular weight excluding hydrogens is 340 g/mol. The van der Waals surface area contributed by atoms with Gasteiger partial charge in [0.2, 0.25) is 0 Å². The van der Waals surface area contributed by atoms with E-state index >= 15 is 0 Å². The van der Waals surface area contributed by atoms with Crippen LogP contribution in [0, 0.1) is 0 Å². The van der Waals surface area contributed by atoms with E-state index in [-0.39, 0.29) is 24.5 Å². The van der Waals surface area contributed by atoms with Gasteiger partial charge in [-0.2, -0.15) is 0 Å². The van der Waals surface area contributed by atoms with Crippen molar-refractivity contribution in [1.82, 2.24) is 9.88 Å². The average molecular weight is 356 g/mol. The van der Waals surface area contributed by atoms with Gasteiger partial charge in [0.15, 0.2) is 0 Å². The van der Waals surface area contributed by atoms with E-state index in [0.29, 0.717) is 17.7 Å². The number of aromatic nitrogens is 1. The van der Waals surface area contributed by atoms with E-state index in [1.54, 1.807) is 30.5 Å². The van der Waals surface area contributed by atoms with Gasteiger partial charge in [0.05, 0.1) is 30.0 Å². The summed E-state index contributed by atoms with van der Waals surface area (Å²) in [5, 5.41) is 0. The zero-order chi connectivity index (χ0) is 18.4. The molecule has 0 aliphatic carbocycles. The van der Waals surface area contributed by atoms with Crippen molar-refractivity contribution < 1.29 is 14.3 Å². The van der Waals surface area contributed by atoms with E-state index in [4.69, 9.17) is 4.74 Å². The zero-order valence-electron chi connectivity index (χ0n) is 14.5. The summed E-state index contributed by atoms with van der Waals surface area (Å²) in [4.78, 5) is 31.0. The molecule has 0 bridgehead atoms. The fourth-order valence-corrected chi connectivity index (χ4v) is 3.83. The van der Waals surface area contributed by atoms with Gasteiger partial charge in [-0.3, -0.25) is 19.5 Å². The normalized spacial score (nSPS) is 17.9. The highest BCUT2D eigenvalue weighted by molar-refractivity contribution is 6.21. The molecule has 3 aromatic rings. The number of nitrogens with zero attached hydrogens (tertiary/aromatic N) is 2. The molecule has 5 nitrogen and oxygen atoms in total. The van der Waals surface area contributed by atoms with Crippen LogP contribution in [0.1, 0.15) is 37.9 Å². The van der Waals surface area contributed by atoms with Crippen molar-refractivity contribution >= 4 is 11.8 Å². The van der Waals surface area contributed by atoms with Crippen molar-refractivity contribution in [3.05, 3.63) is 89.1 Å². The van der Waals surface area contributed by atoms with Crippen molar-refractivity contribution in [1.29, 1.82) is 0 Å². The molecule has 0 saturated carbocycles. The van der Waals surface area contributed by atoms with Crippen LogP contribution in [0.2, 0.25) is 0 Å². The summed E-state index contributed by atoms with van der Waals surface area (Å²) in [5.74, 6) is -0.512. The van der Waals surface area contributed by atoms with Gasteiger partial charge in [-0.1, -0.05) is 36.4 Å². The molecule has 2 aromatic carbocycles. The molecule has 2 aliphatic rings. The van der Waals surface area contributed by atoms with Gasteiger partial charge in [0.1, 0.15) is 6.10 Å². The highest BCUT2D eigenvalue weighted by atomic mass is 16.5. The van der Waals surface area contributed by atoms with E-state index < -0.39 is 0 Å². The third-order valence-corrected chi connectivity index (χ3v) is 5.16. The average Bonchev–Trinajstić information content (AvgIpc) is 3.24. The van der Waals surface area contributed by atoms with Gasteiger partial charge >= 0.3 is 0 Å². The lowest BCUT2D eigenvalue weighted by atomic mass is 9.97. The third kappa shape index (κ3) is 2.47. The van der Waals surface area contributed by atoms with Crippen molar-refractivity contribution in [3.63, 3.8) is 0 Å². The van der Waals surface area contributed by atoms with Crippen molar-refractivity contribution in [3.8, 4) is 11.3 Å². The van der Waals surface area contributed by atoms with E-state index in [0.717, 1.165) is 22.4 Å². The number of fused-ring (bicyclic) bond motifs is 2. The lowest BCUT2D eigenvalue weighted by molar-refractivity contribution is 0.0314. The minimum Gasteiger partial charge on any atom is -0.367 e. The predicted molar refractivity (Wildman–Crippen MR) is 99.0 cm³/mol. The summed E-state index contributed by atoms with van der Waals surface area (Å²) in [6.45, 7) is 0.654. The molecule has 27 heavy (non-hydrogen) atoms. The van der Waals surface area contributed by atoms with Crippen LogP contribution in [-0.2, 0) is 11.3 Å². The Morgan fingerprint density at radius 2 is 1.59 bits per heavy atom. The minimum absolute atomic E-state index is 0.213. The highest BCUT2D eigenvalue weighted by Crippen LogP contribution is 2.38. The molecule has 2 aliphatic heterocycles. The second kappa shape index (κ2) is 6.14. The number of benzene rings is 2. The Morgan fingerprint density at radius 3 is 2.30 bits per heavy atom. The Balaban J connectivity index is 1.46. The smallest absolute Gasteiger partial charge is 0.261 e. The topological polar surface area (TPSA) is 59.5 Å². The summed E-state index contributed by atoms with van der Waals surface area (Å²) in [7, 11) is 0. The molecule has 5 heteroatoms. The predicted octanol–water partition coefficient (Wildman–Crippen LogP) is 3.62. The highest BCUT2D eigenvalue weighted by Gasteiger charge is 2.38. The first-order valence-electron chi connectivity index (χ1n) is 8.84. The molecule has 0 radical (unpaired) electrons. The number of pyridine rings is 1. The van der Waals surface area contributed by atoms with E-state index in [1.165, 1.54) is 4.90 Å². The molecule has 1 unspecified atom stereocenters. The summed E-state index contributed by atoms with van der Waals surface area (Å²) >= 11 is 0. The standard InChI is InChI=1S/C22H16N2O3/c25-21-16-6-1-2-7-17(16)22(26)24(21)12-20-15-9-5-8-14(18(15)13-27-20)19-10-3-4-11-23-19/h1-11,20H,12-13H2. The third-order valence-electron chi connectivity index (χ3n) is 5.16. The van der Waals surface area contributed by atoms with Crippen LogP contribution in [0.15, 0.2) is 66.9 Å². The van der Waals surface area contributed by atoms with Gasteiger partial charge in [-0.05, 0) is 35.4 Å². The molecule has 0 spiro atoms. The van der Waals surface area contributed by atoms with Crippen LogP contribution >= 0.6 is 0 Å². The van der Waals surface area contributed by atoms with Gasteiger partial charge in [0.25, 0.3) is 11.8 Å². The van der Waals surface area contributed by atoms with Crippen molar-refractivity contribution in [2.75, 3.05) is 6.54 Å². The van der Waals surface area contributed by atoms with Crippen molar-refractivity contribution in [2.45, 2.75) is 12.7 Å². The number of rotatable bonds is 3. The summed E-state index contributed by atoms with van der Waals surface area (Å²) < 4.78 is 5.97. The van der Waals surface area contributed by atoms with Crippen molar-refractivity contribution in [2.24, 2.45) is 0 Å². The van der Waals surface area contributed by atoms with Gasteiger partial charge in [-0.15, -0.1) is 0 Å². The van der Waals surface area contributed by atoms with Crippen LogP contribution in [0.4, 0.5) is 0 Å². The largest absolute Gasteiger partial charge is 0.367 e. The molecule has 2 amide bonds. The first kappa shape index (κ1) is 15.9. The van der Waals surface area contributed by atoms with Crippen LogP contribution in [0.3, 0.4) is 0 Å². The second-order valence-corrected chi connectivity index (χ2v) is 6.65. The maximum atomic E-state index is 12.6. The summed E-state index contributed by atoms with van der Waals surface area (Å²) in [5.41, 5.74) is 4.91. The maximum Gasteiger partial charge on any atom is 0.261 e. The molecule has 1 atom stereocenters. The Morgan fingerprint density at radius 1 is 0.889 bits per heavy atom. The Bertz CT molecular complexity index is 1030. The van der Waals surface area contributed by atoms with Gasteiger partial charge < -0.3 is 4.74 Å². The van der Waals surface area contributed by atoms with Crippen LogP contribution in [0.5, 0.6) is 0 Å². The number of hydrogen-bond acceptors (Lipinski definition) is 4. The fraction of sp³-hybridized carbons (Fsp3) is 0.136. The molecule has 3 heterocycles. The van der Waals surface area contributed by atoms with Gasteiger partial charge in [-0.25, -0.2) is 0 Å². The zero-order valence-corrected chi connectivity index (χ0v) is 14.5. The first-order chi connectivity index (χ1) is 13.2. The minimum atomic E-state index is -0.328. The van der Waals surface area contributed by atoms with Crippen LogP contribution < -0.4 is 0 Å². The number of carbonyl (C=O) groups excluding carboxylic acids is 2. The lowest BCUT2D eigenvalue weighted by Gasteiger charge is -2.19. The van der Waals surface area contributed by atoms with Crippen LogP contribution in [0.25, 0.3) is 11.3 Å². The number of imide groups is 1. The molecular formula is C22H16N2O3. The number of amides is 2. The summed E-state index contributed by atoms with van der Waals surface area (Å²) in [6, 6.07) is 18.7. The number of carbonyl (C=O) groups is 2. The van der Waals surface area contributed by atoms with Crippen LogP contribution in [-0.4, -0.2) is 28.2 Å². The lowest BCUT2D eigenvalue weighted by Crippen LogP contribution is -2.33. The molecule has 1 aromatic heterocycles. The molecule has 5 rings (SSSR count). The van der Waals surface area contributed by atoms with Gasteiger partial charge in [0, 0.05) is 11.8 Å². The van der Waals surface area contributed by atoms with E-state index in [9.17, 15) is 9.59 Å². The van der Waals surface area contributed by atoms with E-state index in [2.05, 4.69) is 4.98 Å². The first-order valence-corrected chi connectivity index (χ1v) is 8.84. The fourth-order valence-electron chi connectivity index (χ4n) is 3.83.